The van der Waals surface area contributed by atoms with Gasteiger partial charge in [-0.2, -0.15) is 8.78 Å². The minimum atomic E-state index is -3.11. The van der Waals surface area contributed by atoms with Crippen molar-refractivity contribution in [1.29, 1.82) is 0 Å². The summed E-state index contributed by atoms with van der Waals surface area (Å²) in [5, 5.41) is -0.468. The lowest BCUT2D eigenvalue weighted by molar-refractivity contribution is -0.0507. The number of hydrogen-bond acceptors (Lipinski definition) is 4. The molecule has 2 saturated heterocycles. The highest BCUT2D eigenvalue weighted by Crippen LogP contribution is 2.35. The molecule has 0 N–H and O–H groups in total. The summed E-state index contributed by atoms with van der Waals surface area (Å²) < 4.78 is 53.3. The molecule has 8 heteroatoms. The summed E-state index contributed by atoms with van der Waals surface area (Å²) in [4.78, 5) is 14.2. The van der Waals surface area contributed by atoms with Gasteiger partial charge in [-0.15, -0.1) is 0 Å². The molecular weight excluding hydrogens is 340 g/mol. The second-order valence-electron chi connectivity index (χ2n) is 6.48. The first-order valence-corrected chi connectivity index (χ1v) is 9.47. The SMILES string of the molecule is Cc1cc(C(=O)N2C[C@@H]3CCS(=O)(=O)[C@@H]3C2)cc(C)c1OC(F)F. The predicted octanol–water partition coefficient (Wildman–Crippen LogP) is 2.16. The zero-order valence-corrected chi connectivity index (χ0v) is 14.3. The Hall–Kier alpha value is -1.70. The zero-order chi connectivity index (χ0) is 17.6. The van der Waals surface area contributed by atoms with Crippen LogP contribution >= 0.6 is 0 Å². The van der Waals surface area contributed by atoms with Crippen LogP contribution in [-0.2, 0) is 9.84 Å². The first kappa shape index (κ1) is 17.1. The van der Waals surface area contributed by atoms with Gasteiger partial charge in [0, 0.05) is 18.7 Å². The van der Waals surface area contributed by atoms with Crippen LogP contribution in [0.2, 0.25) is 0 Å². The summed E-state index contributed by atoms with van der Waals surface area (Å²) in [6.45, 7) is 0.914. The van der Waals surface area contributed by atoms with E-state index < -0.39 is 21.7 Å². The molecule has 1 amide bonds. The maximum absolute atomic E-state index is 12.7. The van der Waals surface area contributed by atoms with Gasteiger partial charge in [0.2, 0.25) is 0 Å². The molecule has 2 aliphatic heterocycles. The molecular formula is C16H19F2NO4S. The van der Waals surface area contributed by atoms with Gasteiger partial charge in [0.05, 0.1) is 11.0 Å². The molecule has 1 aromatic carbocycles. The molecule has 0 bridgehead atoms. The molecule has 0 aliphatic carbocycles. The van der Waals surface area contributed by atoms with Gasteiger partial charge >= 0.3 is 6.61 Å². The number of hydrogen-bond donors (Lipinski definition) is 0. The van der Waals surface area contributed by atoms with Gasteiger partial charge < -0.3 is 9.64 Å². The van der Waals surface area contributed by atoms with E-state index >= 15 is 0 Å². The quantitative estimate of drug-likeness (QED) is 0.830. The smallest absolute Gasteiger partial charge is 0.387 e. The van der Waals surface area contributed by atoms with E-state index in [0.717, 1.165) is 0 Å². The molecule has 132 valence electrons. The summed E-state index contributed by atoms with van der Waals surface area (Å²) >= 11 is 0. The molecule has 0 aromatic heterocycles. The van der Waals surface area contributed by atoms with Crippen molar-refractivity contribution in [3.05, 3.63) is 28.8 Å². The second kappa shape index (κ2) is 5.98. The Balaban J connectivity index is 1.82. The minimum absolute atomic E-state index is 0.00239. The van der Waals surface area contributed by atoms with Crippen LogP contribution in [0.4, 0.5) is 8.78 Å². The molecule has 0 unspecified atom stereocenters. The van der Waals surface area contributed by atoms with Gasteiger partial charge in [-0.1, -0.05) is 0 Å². The third-order valence-corrected chi connectivity index (χ3v) is 7.08. The number of ether oxygens (including phenoxy) is 1. The van der Waals surface area contributed by atoms with E-state index in [0.29, 0.717) is 29.7 Å². The standard InChI is InChI=1S/C16H19F2NO4S/c1-9-5-12(6-10(2)14(9)23-16(17)18)15(20)19-7-11-3-4-24(21,22)13(11)8-19/h5-6,11,13,16H,3-4,7-8H2,1-2H3/t11-,13+/m0/s1. The van der Waals surface area contributed by atoms with Crippen LogP contribution in [0.5, 0.6) is 5.75 Å². The van der Waals surface area contributed by atoms with Crippen molar-refractivity contribution >= 4 is 15.7 Å². The average molecular weight is 359 g/mol. The van der Waals surface area contributed by atoms with E-state index in [1.165, 1.54) is 12.1 Å². The molecule has 2 aliphatic rings. The van der Waals surface area contributed by atoms with Gasteiger partial charge in [0.1, 0.15) is 5.75 Å². The monoisotopic (exact) mass is 359 g/mol. The number of likely N-dealkylation sites (tertiary alicyclic amines) is 1. The Morgan fingerprint density at radius 2 is 1.88 bits per heavy atom. The van der Waals surface area contributed by atoms with Gasteiger partial charge in [0.15, 0.2) is 9.84 Å². The molecule has 0 saturated carbocycles. The van der Waals surface area contributed by atoms with Gasteiger partial charge in [-0.05, 0) is 49.4 Å². The first-order chi connectivity index (χ1) is 11.2. The molecule has 1 aromatic rings. The van der Waals surface area contributed by atoms with Crippen molar-refractivity contribution in [2.45, 2.75) is 32.1 Å². The van der Waals surface area contributed by atoms with E-state index in [-0.39, 0.29) is 29.9 Å². The summed E-state index contributed by atoms with van der Waals surface area (Å²) in [7, 11) is -3.11. The molecule has 24 heavy (non-hydrogen) atoms. The molecule has 0 radical (unpaired) electrons. The van der Waals surface area contributed by atoms with Crippen LogP contribution in [0.3, 0.4) is 0 Å². The topological polar surface area (TPSA) is 63.7 Å². The number of carbonyl (C=O) groups is 1. The Bertz CT molecular complexity index is 755. The second-order valence-corrected chi connectivity index (χ2v) is 8.82. The number of alkyl halides is 2. The zero-order valence-electron chi connectivity index (χ0n) is 13.5. The number of carbonyl (C=O) groups excluding carboxylic acids is 1. The predicted molar refractivity (Wildman–Crippen MR) is 84.1 cm³/mol. The van der Waals surface area contributed by atoms with Crippen LogP contribution in [-0.4, -0.2) is 49.9 Å². The molecule has 3 rings (SSSR count). The Kier molecular flexibility index (Phi) is 4.27. The Morgan fingerprint density at radius 1 is 1.25 bits per heavy atom. The molecule has 2 heterocycles. The van der Waals surface area contributed by atoms with Crippen molar-refractivity contribution in [3.8, 4) is 5.75 Å². The van der Waals surface area contributed by atoms with E-state index in [9.17, 15) is 22.0 Å². The fourth-order valence-corrected chi connectivity index (χ4v) is 5.84. The van der Waals surface area contributed by atoms with Crippen LogP contribution in [0, 0.1) is 19.8 Å². The summed E-state index contributed by atoms with van der Waals surface area (Å²) in [6.07, 6.45) is 0.593. The highest BCUT2D eigenvalue weighted by molar-refractivity contribution is 7.92. The maximum atomic E-state index is 12.7. The number of fused-ring (bicyclic) bond motifs is 1. The highest BCUT2D eigenvalue weighted by atomic mass is 32.2. The third-order valence-electron chi connectivity index (χ3n) is 4.82. The Labute approximate surface area is 139 Å². The van der Waals surface area contributed by atoms with Crippen molar-refractivity contribution in [2.75, 3.05) is 18.8 Å². The van der Waals surface area contributed by atoms with Crippen molar-refractivity contribution in [1.82, 2.24) is 4.90 Å². The number of rotatable bonds is 3. The van der Waals surface area contributed by atoms with Crippen LogP contribution in [0.1, 0.15) is 27.9 Å². The van der Waals surface area contributed by atoms with E-state index in [1.807, 2.05) is 0 Å². The number of benzene rings is 1. The van der Waals surface area contributed by atoms with Gasteiger partial charge in [0.25, 0.3) is 5.91 Å². The fraction of sp³-hybridized carbons (Fsp3) is 0.562. The van der Waals surface area contributed by atoms with Crippen molar-refractivity contribution in [2.24, 2.45) is 5.92 Å². The molecule has 2 fully saturated rings. The number of aryl methyl sites for hydroxylation is 2. The first-order valence-electron chi connectivity index (χ1n) is 7.76. The van der Waals surface area contributed by atoms with E-state index in [1.54, 1.807) is 18.7 Å². The molecule has 0 spiro atoms. The number of halogens is 2. The fourth-order valence-electron chi connectivity index (χ4n) is 3.69. The molecule has 2 atom stereocenters. The third kappa shape index (κ3) is 2.99. The van der Waals surface area contributed by atoms with Crippen LogP contribution in [0.15, 0.2) is 12.1 Å². The average Bonchev–Trinajstić information content (AvgIpc) is 3.03. The Morgan fingerprint density at radius 3 is 2.42 bits per heavy atom. The highest BCUT2D eigenvalue weighted by Gasteiger charge is 2.47. The normalized spacial score (nSPS) is 25.1. The number of nitrogens with zero attached hydrogens (tertiary/aromatic N) is 1. The summed E-state index contributed by atoms with van der Waals surface area (Å²) in [5.74, 6) is 0.00167. The van der Waals surface area contributed by atoms with E-state index in [4.69, 9.17) is 0 Å². The van der Waals surface area contributed by atoms with Crippen molar-refractivity contribution in [3.63, 3.8) is 0 Å². The lowest BCUT2D eigenvalue weighted by Gasteiger charge is -2.19. The maximum Gasteiger partial charge on any atom is 0.387 e. The lowest BCUT2D eigenvalue weighted by Crippen LogP contribution is -2.32. The van der Waals surface area contributed by atoms with Crippen LogP contribution in [0.25, 0.3) is 0 Å². The molecule has 5 nitrogen and oxygen atoms in total. The van der Waals surface area contributed by atoms with Crippen LogP contribution < -0.4 is 4.74 Å². The van der Waals surface area contributed by atoms with Crippen molar-refractivity contribution < 1.29 is 26.7 Å². The summed E-state index contributed by atoms with van der Waals surface area (Å²) in [5.41, 5.74) is 1.26. The minimum Gasteiger partial charge on any atom is -0.434 e. The lowest BCUT2D eigenvalue weighted by atomic mass is 10.0. The van der Waals surface area contributed by atoms with Gasteiger partial charge in [-0.3, -0.25) is 4.79 Å². The largest absolute Gasteiger partial charge is 0.434 e. The summed E-state index contributed by atoms with van der Waals surface area (Å²) in [6, 6.07) is 3.02. The van der Waals surface area contributed by atoms with E-state index in [2.05, 4.69) is 4.74 Å². The number of amides is 1. The number of sulfone groups is 1. The van der Waals surface area contributed by atoms with Gasteiger partial charge in [-0.25, -0.2) is 8.42 Å².